The second-order valence-corrected chi connectivity index (χ2v) is 4.62. The second-order valence-electron chi connectivity index (χ2n) is 4.62. The molecule has 1 fully saturated rings. The van der Waals surface area contributed by atoms with Crippen LogP contribution in [0.1, 0.15) is 12.0 Å². The van der Waals surface area contributed by atoms with E-state index in [4.69, 9.17) is 15.6 Å². The lowest BCUT2D eigenvalue weighted by Crippen LogP contribution is -2.43. The summed E-state index contributed by atoms with van der Waals surface area (Å²) in [4.78, 5) is 2.28. The summed E-state index contributed by atoms with van der Waals surface area (Å²) in [6.45, 7) is 2.48. The first kappa shape index (κ1) is 12.8. The summed E-state index contributed by atoms with van der Waals surface area (Å²) in [5, 5.41) is 15.6. The largest absolute Gasteiger partial charge is 0.484 e. The molecule has 1 heterocycles. The first-order valence-corrected chi connectivity index (χ1v) is 6.16. The standard InChI is InChI=1S/C14H19N3O/c1-18-14(16)12-10-17(8-7-13(12)15)9-11-5-3-2-4-6-11/h2-6,12,15-16H,7-10H2,1H3. The van der Waals surface area contributed by atoms with Gasteiger partial charge in [-0.25, -0.2) is 0 Å². The molecule has 1 saturated heterocycles. The minimum Gasteiger partial charge on any atom is -0.484 e. The Labute approximate surface area is 108 Å². The van der Waals surface area contributed by atoms with Gasteiger partial charge < -0.3 is 10.1 Å². The van der Waals surface area contributed by atoms with Crippen molar-refractivity contribution in [1.82, 2.24) is 4.90 Å². The fourth-order valence-corrected chi connectivity index (χ4v) is 2.28. The Balaban J connectivity index is 1.99. The second kappa shape index (κ2) is 5.78. The third kappa shape index (κ3) is 2.96. The van der Waals surface area contributed by atoms with E-state index in [1.54, 1.807) is 0 Å². The van der Waals surface area contributed by atoms with E-state index in [2.05, 4.69) is 17.0 Å². The van der Waals surface area contributed by atoms with Gasteiger partial charge in [0, 0.05) is 25.3 Å². The van der Waals surface area contributed by atoms with E-state index in [-0.39, 0.29) is 11.8 Å². The molecule has 2 rings (SSSR count). The number of benzene rings is 1. The molecule has 1 atom stereocenters. The van der Waals surface area contributed by atoms with E-state index in [0.29, 0.717) is 12.3 Å². The van der Waals surface area contributed by atoms with Crippen LogP contribution in [-0.4, -0.2) is 36.7 Å². The van der Waals surface area contributed by atoms with Crippen molar-refractivity contribution in [3.05, 3.63) is 35.9 Å². The Morgan fingerprint density at radius 1 is 1.39 bits per heavy atom. The Bertz CT molecular complexity index is 422. The summed E-state index contributed by atoms with van der Waals surface area (Å²) in [6, 6.07) is 10.3. The van der Waals surface area contributed by atoms with Crippen molar-refractivity contribution in [3.8, 4) is 0 Å². The van der Waals surface area contributed by atoms with E-state index in [9.17, 15) is 0 Å². The maximum absolute atomic E-state index is 7.90. The summed E-state index contributed by atoms with van der Waals surface area (Å²) >= 11 is 0. The van der Waals surface area contributed by atoms with Crippen molar-refractivity contribution in [1.29, 1.82) is 10.8 Å². The predicted octanol–water partition coefficient (Wildman–Crippen LogP) is 2.15. The van der Waals surface area contributed by atoms with Gasteiger partial charge >= 0.3 is 0 Å². The zero-order chi connectivity index (χ0) is 13.0. The highest BCUT2D eigenvalue weighted by atomic mass is 16.5. The molecular formula is C14H19N3O. The molecule has 0 bridgehead atoms. The van der Waals surface area contributed by atoms with Crippen molar-refractivity contribution in [2.45, 2.75) is 13.0 Å². The zero-order valence-electron chi connectivity index (χ0n) is 10.6. The minimum atomic E-state index is -0.174. The number of nitrogens with zero attached hydrogens (tertiary/aromatic N) is 1. The average Bonchev–Trinajstić information content (AvgIpc) is 2.41. The summed E-state index contributed by atoms with van der Waals surface area (Å²) in [7, 11) is 1.51. The van der Waals surface area contributed by atoms with Crippen molar-refractivity contribution >= 4 is 11.6 Å². The first-order valence-electron chi connectivity index (χ1n) is 6.16. The summed E-state index contributed by atoms with van der Waals surface area (Å²) in [5.41, 5.74) is 1.89. The number of hydrogen-bond donors (Lipinski definition) is 2. The molecule has 0 amide bonds. The smallest absolute Gasteiger partial charge is 0.190 e. The molecule has 0 aromatic heterocycles. The normalized spacial score (nSPS) is 20.7. The fourth-order valence-electron chi connectivity index (χ4n) is 2.28. The van der Waals surface area contributed by atoms with Crippen LogP contribution in [0, 0.1) is 16.7 Å². The quantitative estimate of drug-likeness (QED) is 0.633. The van der Waals surface area contributed by atoms with E-state index in [1.807, 2.05) is 18.2 Å². The van der Waals surface area contributed by atoms with Gasteiger partial charge in [-0.2, -0.15) is 0 Å². The van der Waals surface area contributed by atoms with Crippen molar-refractivity contribution in [2.24, 2.45) is 5.92 Å². The van der Waals surface area contributed by atoms with Gasteiger partial charge in [0.1, 0.15) is 0 Å². The van der Waals surface area contributed by atoms with E-state index in [0.717, 1.165) is 19.5 Å². The van der Waals surface area contributed by atoms with E-state index >= 15 is 0 Å². The average molecular weight is 245 g/mol. The lowest BCUT2D eigenvalue weighted by Gasteiger charge is -2.32. The Kier molecular flexibility index (Phi) is 4.10. The van der Waals surface area contributed by atoms with Crippen LogP contribution in [0.4, 0.5) is 0 Å². The van der Waals surface area contributed by atoms with Gasteiger partial charge in [0.2, 0.25) is 0 Å². The highest BCUT2D eigenvalue weighted by molar-refractivity contribution is 6.02. The molecule has 1 aromatic rings. The van der Waals surface area contributed by atoms with E-state index < -0.39 is 0 Å². The number of piperidine rings is 1. The molecule has 0 radical (unpaired) electrons. The summed E-state index contributed by atoms with van der Waals surface area (Å²) < 4.78 is 4.97. The van der Waals surface area contributed by atoms with E-state index in [1.165, 1.54) is 12.7 Å². The predicted molar refractivity (Wildman–Crippen MR) is 72.3 cm³/mol. The Hall–Kier alpha value is -1.68. The number of methoxy groups -OCH3 is 1. The molecule has 0 saturated carbocycles. The van der Waals surface area contributed by atoms with Crippen molar-refractivity contribution in [2.75, 3.05) is 20.2 Å². The SMILES string of the molecule is COC(=N)C1CN(Cc2ccccc2)CCC1=N. The van der Waals surface area contributed by atoms with Gasteiger partial charge in [0.15, 0.2) is 5.90 Å². The molecule has 1 aliphatic heterocycles. The summed E-state index contributed by atoms with van der Waals surface area (Å²) in [5.74, 6) is 0.0326. The molecule has 1 aromatic carbocycles. The van der Waals surface area contributed by atoms with Crippen LogP contribution < -0.4 is 0 Å². The van der Waals surface area contributed by atoms with Crippen molar-refractivity contribution < 1.29 is 4.74 Å². The molecule has 2 N–H and O–H groups in total. The molecule has 1 aliphatic rings. The highest BCUT2D eigenvalue weighted by Gasteiger charge is 2.28. The van der Waals surface area contributed by atoms with Gasteiger partial charge in [0.05, 0.1) is 13.0 Å². The number of nitrogens with one attached hydrogen (secondary N) is 2. The lowest BCUT2D eigenvalue weighted by atomic mass is 9.95. The minimum absolute atomic E-state index is 0.174. The number of hydrogen-bond acceptors (Lipinski definition) is 4. The Morgan fingerprint density at radius 3 is 2.78 bits per heavy atom. The zero-order valence-corrected chi connectivity index (χ0v) is 10.6. The highest BCUT2D eigenvalue weighted by Crippen LogP contribution is 2.17. The number of ether oxygens (including phenoxy) is 1. The van der Waals surface area contributed by atoms with Gasteiger partial charge in [-0.05, 0) is 12.0 Å². The first-order chi connectivity index (χ1) is 8.70. The monoisotopic (exact) mass is 245 g/mol. The van der Waals surface area contributed by atoms with Crippen LogP contribution in [0.5, 0.6) is 0 Å². The molecule has 18 heavy (non-hydrogen) atoms. The van der Waals surface area contributed by atoms with Gasteiger partial charge in [0.25, 0.3) is 0 Å². The number of rotatable bonds is 3. The van der Waals surface area contributed by atoms with Gasteiger partial charge in [-0.1, -0.05) is 30.3 Å². The molecule has 4 heteroatoms. The van der Waals surface area contributed by atoms with Crippen molar-refractivity contribution in [3.63, 3.8) is 0 Å². The Morgan fingerprint density at radius 2 is 2.11 bits per heavy atom. The van der Waals surface area contributed by atoms with Crippen LogP contribution in [0.2, 0.25) is 0 Å². The fraction of sp³-hybridized carbons (Fsp3) is 0.429. The number of likely N-dealkylation sites (tertiary alicyclic amines) is 1. The van der Waals surface area contributed by atoms with Gasteiger partial charge in [-0.15, -0.1) is 0 Å². The maximum atomic E-state index is 7.90. The van der Waals surface area contributed by atoms with Crippen LogP contribution in [0.3, 0.4) is 0 Å². The maximum Gasteiger partial charge on any atom is 0.190 e. The van der Waals surface area contributed by atoms with Crippen LogP contribution in [0.15, 0.2) is 30.3 Å². The lowest BCUT2D eigenvalue weighted by molar-refractivity contribution is 0.237. The van der Waals surface area contributed by atoms with Crippen LogP contribution in [0.25, 0.3) is 0 Å². The topological polar surface area (TPSA) is 60.2 Å². The van der Waals surface area contributed by atoms with Crippen LogP contribution >= 0.6 is 0 Å². The summed E-state index contributed by atoms with van der Waals surface area (Å²) in [6.07, 6.45) is 0.725. The third-order valence-corrected chi connectivity index (χ3v) is 3.34. The molecule has 1 unspecified atom stereocenters. The molecule has 4 nitrogen and oxygen atoms in total. The van der Waals surface area contributed by atoms with Crippen LogP contribution in [-0.2, 0) is 11.3 Å². The molecule has 96 valence electrons. The molecule has 0 spiro atoms. The molecule has 0 aliphatic carbocycles. The molecular weight excluding hydrogens is 226 g/mol. The third-order valence-electron chi connectivity index (χ3n) is 3.34. The van der Waals surface area contributed by atoms with Gasteiger partial charge in [-0.3, -0.25) is 10.3 Å².